The lowest BCUT2D eigenvalue weighted by Gasteiger charge is -2.37. The quantitative estimate of drug-likeness (QED) is 0.572. The van der Waals surface area contributed by atoms with Gasteiger partial charge in [-0.1, -0.05) is 6.92 Å². The summed E-state index contributed by atoms with van der Waals surface area (Å²) < 4.78 is 0. The van der Waals surface area contributed by atoms with Crippen LogP contribution in [0.1, 0.15) is 26.2 Å². The van der Waals surface area contributed by atoms with Crippen LogP contribution in [0.2, 0.25) is 0 Å². The summed E-state index contributed by atoms with van der Waals surface area (Å²) in [6.45, 7) is 6.02. The van der Waals surface area contributed by atoms with Crippen LogP contribution in [0.4, 0.5) is 0 Å². The minimum Gasteiger partial charge on any atom is -0.303 e. The second-order valence-corrected chi connectivity index (χ2v) is 3.48. The molecule has 0 atom stereocenters. The van der Waals surface area contributed by atoms with Crippen LogP contribution in [0.5, 0.6) is 0 Å². The lowest BCUT2D eigenvalue weighted by Crippen LogP contribution is -2.45. The van der Waals surface area contributed by atoms with Gasteiger partial charge in [0.05, 0.1) is 6.07 Å². The molecule has 11 heavy (non-hydrogen) atoms. The number of likely N-dealkylation sites (tertiary alicyclic amines) is 1. The Kier molecular flexibility index (Phi) is 3.38. The Hall–Kier alpha value is -0.550. The van der Waals surface area contributed by atoms with Crippen LogP contribution >= 0.6 is 0 Å². The molecule has 2 nitrogen and oxygen atoms in total. The van der Waals surface area contributed by atoms with Gasteiger partial charge in [0.15, 0.2) is 0 Å². The highest BCUT2D eigenvalue weighted by Crippen LogP contribution is 2.14. The molecule has 0 bridgehead atoms. The van der Waals surface area contributed by atoms with Crippen LogP contribution < -0.4 is 0 Å². The normalized spacial score (nSPS) is 19.3. The van der Waals surface area contributed by atoms with E-state index in [0.29, 0.717) is 0 Å². The first-order valence-corrected chi connectivity index (χ1v) is 4.42. The van der Waals surface area contributed by atoms with Gasteiger partial charge < -0.3 is 4.90 Å². The van der Waals surface area contributed by atoms with Crippen LogP contribution in [-0.4, -0.2) is 24.5 Å². The first kappa shape index (κ1) is 8.55. The van der Waals surface area contributed by atoms with Gasteiger partial charge in [0.1, 0.15) is 0 Å². The molecule has 0 aromatic rings. The average Bonchev–Trinajstić information content (AvgIpc) is 1.94. The van der Waals surface area contributed by atoms with E-state index in [2.05, 4.69) is 17.9 Å². The van der Waals surface area contributed by atoms with E-state index in [4.69, 9.17) is 5.26 Å². The summed E-state index contributed by atoms with van der Waals surface area (Å²) in [6.07, 6.45) is 2.99. The molecular formula is C9H16N2. The molecule has 0 amide bonds. The zero-order valence-electron chi connectivity index (χ0n) is 7.21. The summed E-state index contributed by atoms with van der Waals surface area (Å²) in [7, 11) is 0. The molecule has 2 heteroatoms. The van der Waals surface area contributed by atoms with Crippen molar-refractivity contribution in [2.75, 3.05) is 19.6 Å². The Bertz CT molecular complexity index is 142. The highest BCUT2D eigenvalue weighted by atomic mass is 15.2. The van der Waals surface area contributed by atoms with Crippen molar-refractivity contribution >= 4 is 0 Å². The van der Waals surface area contributed by atoms with Crippen molar-refractivity contribution in [1.82, 2.24) is 4.90 Å². The number of unbranched alkanes of at least 4 members (excludes halogenated alkanes) is 2. The minimum absolute atomic E-state index is 0.726. The van der Waals surface area contributed by atoms with Crippen molar-refractivity contribution in [1.29, 1.82) is 5.26 Å². The molecule has 62 valence electrons. The van der Waals surface area contributed by atoms with Crippen molar-refractivity contribution in [3.8, 4) is 6.07 Å². The molecule has 0 aromatic carbocycles. The second kappa shape index (κ2) is 4.35. The summed E-state index contributed by atoms with van der Waals surface area (Å²) in [6, 6.07) is 2.17. The number of rotatable bonds is 4. The van der Waals surface area contributed by atoms with Crippen molar-refractivity contribution in [3.63, 3.8) is 0 Å². The fourth-order valence-corrected chi connectivity index (χ4v) is 1.55. The fraction of sp³-hybridized carbons (Fsp3) is 0.889. The zero-order chi connectivity index (χ0) is 8.10. The summed E-state index contributed by atoms with van der Waals surface area (Å²) in [5, 5.41) is 8.28. The fourth-order valence-electron chi connectivity index (χ4n) is 1.55. The Morgan fingerprint density at radius 1 is 1.45 bits per heavy atom. The van der Waals surface area contributed by atoms with E-state index in [1.807, 2.05) is 0 Å². The minimum atomic E-state index is 0.726. The summed E-state index contributed by atoms with van der Waals surface area (Å²) in [5.74, 6) is 0.908. The molecule has 0 N–H and O–H groups in total. The van der Waals surface area contributed by atoms with Gasteiger partial charge in [-0.3, -0.25) is 0 Å². The number of hydrogen-bond donors (Lipinski definition) is 0. The van der Waals surface area contributed by atoms with Crippen LogP contribution in [0.3, 0.4) is 0 Å². The molecule has 1 aliphatic rings. The first-order valence-electron chi connectivity index (χ1n) is 4.42. The van der Waals surface area contributed by atoms with E-state index < -0.39 is 0 Å². The Labute approximate surface area is 68.8 Å². The van der Waals surface area contributed by atoms with E-state index >= 15 is 0 Å². The molecule has 1 fully saturated rings. The van der Waals surface area contributed by atoms with Crippen molar-refractivity contribution < 1.29 is 0 Å². The SMILES string of the molecule is CC1CN(CCCCC#N)C1. The Morgan fingerprint density at radius 2 is 2.18 bits per heavy atom. The summed E-state index contributed by atoms with van der Waals surface area (Å²) in [5.41, 5.74) is 0. The van der Waals surface area contributed by atoms with E-state index in [-0.39, 0.29) is 0 Å². The van der Waals surface area contributed by atoms with Crippen molar-refractivity contribution in [2.45, 2.75) is 26.2 Å². The molecule has 0 unspecified atom stereocenters. The lowest BCUT2D eigenvalue weighted by atomic mass is 10.0. The molecule has 1 aliphatic heterocycles. The zero-order valence-corrected chi connectivity index (χ0v) is 7.21. The molecule has 0 aliphatic carbocycles. The van der Waals surface area contributed by atoms with Crippen LogP contribution in [0, 0.1) is 17.2 Å². The number of hydrogen-bond acceptors (Lipinski definition) is 2. The van der Waals surface area contributed by atoms with Gasteiger partial charge in [0.25, 0.3) is 0 Å². The maximum atomic E-state index is 8.28. The second-order valence-electron chi connectivity index (χ2n) is 3.48. The maximum Gasteiger partial charge on any atom is 0.0621 e. The van der Waals surface area contributed by atoms with Crippen LogP contribution in [0.25, 0.3) is 0 Å². The van der Waals surface area contributed by atoms with Crippen molar-refractivity contribution in [3.05, 3.63) is 0 Å². The third-order valence-electron chi connectivity index (χ3n) is 2.15. The largest absolute Gasteiger partial charge is 0.303 e. The van der Waals surface area contributed by atoms with Gasteiger partial charge in [-0.2, -0.15) is 5.26 Å². The summed E-state index contributed by atoms with van der Waals surface area (Å²) in [4.78, 5) is 2.46. The number of nitriles is 1. The third kappa shape index (κ3) is 2.90. The smallest absolute Gasteiger partial charge is 0.0621 e. The average molecular weight is 152 g/mol. The molecule has 0 spiro atoms. The standard InChI is InChI=1S/C9H16N2/c1-9-7-11(8-9)6-4-2-3-5-10/h9H,2-4,6-8H2,1H3. The summed E-state index contributed by atoms with van der Waals surface area (Å²) >= 11 is 0. The third-order valence-corrected chi connectivity index (χ3v) is 2.15. The van der Waals surface area contributed by atoms with Crippen LogP contribution in [0.15, 0.2) is 0 Å². The molecule has 0 saturated carbocycles. The van der Waals surface area contributed by atoms with Gasteiger partial charge in [-0.05, 0) is 25.3 Å². The van der Waals surface area contributed by atoms with E-state index in [9.17, 15) is 0 Å². The predicted octanol–water partition coefficient (Wildman–Crippen LogP) is 1.63. The first-order chi connectivity index (χ1) is 5.33. The molecule has 1 rings (SSSR count). The van der Waals surface area contributed by atoms with E-state index in [0.717, 1.165) is 18.8 Å². The van der Waals surface area contributed by atoms with Crippen molar-refractivity contribution in [2.24, 2.45) is 5.92 Å². The Balaban J connectivity index is 1.86. The van der Waals surface area contributed by atoms with Gasteiger partial charge in [0, 0.05) is 19.5 Å². The van der Waals surface area contributed by atoms with Gasteiger partial charge >= 0.3 is 0 Å². The maximum absolute atomic E-state index is 8.28. The molecule has 1 saturated heterocycles. The predicted molar refractivity (Wildman–Crippen MR) is 45.1 cm³/mol. The monoisotopic (exact) mass is 152 g/mol. The van der Waals surface area contributed by atoms with Gasteiger partial charge in [-0.15, -0.1) is 0 Å². The molecular weight excluding hydrogens is 136 g/mol. The Morgan fingerprint density at radius 3 is 2.73 bits per heavy atom. The highest BCUT2D eigenvalue weighted by molar-refractivity contribution is 4.76. The molecule has 1 heterocycles. The highest BCUT2D eigenvalue weighted by Gasteiger charge is 2.20. The van der Waals surface area contributed by atoms with Crippen LogP contribution in [-0.2, 0) is 0 Å². The molecule has 0 radical (unpaired) electrons. The number of nitrogens with zero attached hydrogens (tertiary/aromatic N) is 2. The van der Waals surface area contributed by atoms with Gasteiger partial charge in [0.2, 0.25) is 0 Å². The van der Waals surface area contributed by atoms with E-state index in [1.165, 1.54) is 26.1 Å². The van der Waals surface area contributed by atoms with Gasteiger partial charge in [-0.25, -0.2) is 0 Å². The molecule has 0 aromatic heterocycles. The lowest BCUT2D eigenvalue weighted by molar-refractivity contribution is 0.111. The topological polar surface area (TPSA) is 27.0 Å². The van der Waals surface area contributed by atoms with E-state index in [1.54, 1.807) is 0 Å².